The number of hydrogen-bond donors (Lipinski definition) is 2. The summed E-state index contributed by atoms with van der Waals surface area (Å²) in [4.78, 5) is 24.8. The highest BCUT2D eigenvalue weighted by molar-refractivity contribution is 5.99. The molecule has 2 N–H and O–H groups in total. The second-order valence-corrected chi connectivity index (χ2v) is 5.16. The van der Waals surface area contributed by atoms with Gasteiger partial charge in [-0.25, -0.2) is 9.18 Å². The highest BCUT2D eigenvalue weighted by Gasteiger charge is 2.06. The summed E-state index contributed by atoms with van der Waals surface area (Å²) in [5.74, 6) is -0.454. The van der Waals surface area contributed by atoms with Gasteiger partial charge in [0.25, 0.3) is 0 Å². The maximum absolute atomic E-state index is 13.1. The van der Waals surface area contributed by atoms with Gasteiger partial charge in [0, 0.05) is 31.9 Å². The summed E-state index contributed by atoms with van der Waals surface area (Å²) in [7, 11) is 1.71. The molecule has 0 atom stereocenters. The van der Waals surface area contributed by atoms with E-state index in [0.717, 1.165) is 5.56 Å². The van der Waals surface area contributed by atoms with Gasteiger partial charge < -0.3 is 15.5 Å². The van der Waals surface area contributed by atoms with Crippen molar-refractivity contribution in [2.75, 3.05) is 17.7 Å². The number of carbonyl (C=O) groups is 2. The maximum Gasteiger partial charge on any atom is 0.323 e. The molecule has 0 unspecified atom stereocenters. The van der Waals surface area contributed by atoms with Gasteiger partial charge in [0.2, 0.25) is 5.91 Å². The SMILES string of the molecule is CC(=O)N(C)Cc1cccc(NC(=O)Nc2cccc(F)c2)c1. The molecule has 0 aliphatic carbocycles. The molecule has 2 aromatic rings. The molecular weight excluding hydrogens is 297 g/mol. The number of rotatable bonds is 4. The van der Waals surface area contributed by atoms with E-state index in [0.29, 0.717) is 17.9 Å². The number of benzene rings is 2. The summed E-state index contributed by atoms with van der Waals surface area (Å²) < 4.78 is 13.1. The standard InChI is InChI=1S/C17H18FN3O2/c1-12(22)21(2)11-13-5-3-7-15(9-13)19-17(23)20-16-8-4-6-14(18)10-16/h3-10H,11H2,1-2H3,(H2,19,20,23). The molecule has 0 aromatic heterocycles. The molecule has 0 aliphatic heterocycles. The van der Waals surface area contributed by atoms with Crippen LogP contribution in [0.5, 0.6) is 0 Å². The molecule has 0 radical (unpaired) electrons. The van der Waals surface area contributed by atoms with Crippen molar-refractivity contribution in [1.82, 2.24) is 4.90 Å². The van der Waals surface area contributed by atoms with Gasteiger partial charge in [-0.1, -0.05) is 18.2 Å². The van der Waals surface area contributed by atoms with E-state index >= 15 is 0 Å². The van der Waals surface area contributed by atoms with Crippen molar-refractivity contribution in [2.45, 2.75) is 13.5 Å². The largest absolute Gasteiger partial charge is 0.342 e. The van der Waals surface area contributed by atoms with Crippen LogP contribution >= 0.6 is 0 Å². The van der Waals surface area contributed by atoms with E-state index in [2.05, 4.69) is 10.6 Å². The summed E-state index contributed by atoms with van der Waals surface area (Å²) in [6, 6.07) is 12.4. The highest BCUT2D eigenvalue weighted by atomic mass is 19.1. The average Bonchev–Trinajstić information content (AvgIpc) is 2.47. The lowest BCUT2D eigenvalue weighted by Gasteiger charge is -2.15. The molecule has 0 saturated heterocycles. The van der Waals surface area contributed by atoms with Crippen LogP contribution in [0.3, 0.4) is 0 Å². The minimum atomic E-state index is -0.465. The average molecular weight is 315 g/mol. The quantitative estimate of drug-likeness (QED) is 0.908. The second-order valence-electron chi connectivity index (χ2n) is 5.16. The predicted octanol–water partition coefficient (Wildman–Crippen LogP) is 3.45. The van der Waals surface area contributed by atoms with Crippen molar-refractivity contribution in [1.29, 1.82) is 0 Å². The van der Waals surface area contributed by atoms with Crippen molar-refractivity contribution in [2.24, 2.45) is 0 Å². The third-order valence-corrected chi connectivity index (χ3v) is 3.22. The van der Waals surface area contributed by atoms with Crippen molar-refractivity contribution < 1.29 is 14.0 Å². The lowest BCUT2D eigenvalue weighted by Crippen LogP contribution is -2.23. The highest BCUT2D eigenvalue weighted by Crippen LogP contribution is 2.14. The Kier molecular flexibility index (Phi) is 5.30. The Morgan fingerprint density at radius 2 is 1.65 bits per heavy atom. The number of carbonyl (C=O) groups excluding carboxylic acids is 2. The van der Waals surface area contributed by atoms with Crippen LogP contribution in [-0.4, -0.2) is 23.9 Å². The predicted molar refractivity (Wildman–Crippen MR) is 87.6 cm³/mol. The van der Waals surface area contributed by atoms with E-state index in [4.69, 9.17) is 0 Å². The molecule has 5 nitrogen and oxygen atoms in total. The van der Waals surface area contributed by atoms with E-state index in [1.54, 1.807) is 36.2 Å². The maximum atomic E-state index is 13.1. The van der Waals surface area contributed by atoms with E-state index in [9.17, 15) is 14.0 Å². The number of halogens is 1. The van der Waals surface area contributed by atoms with Crippen LogP contribution < -0.4 is 10.6 Å². The Morgan fingerprint density at radius 3 is 2.26 bits per heavy atom. The number of amides is 3. The van der Waals surface area contributed by atoms with Crippen LogP contribution in [0.2, 0.25) is 0 Å². The molecule has 2 rings (SSSR count). The van der Waals surface area contributed by atoms with Gasteiger partial charge in [-0.3, -0.25) is 4.79 Å². The fraction of sp³-hybridized carbons (Fsp3) is 0.176. The van der Waals surface area contributed by atoms with Gasteiger partial charge >= 0.3 is 6.03 Å². The van der Waals surface area contributed by atoms with Gasteiger partial charge in [0.1, 0.15) is 5.82 Å². The van der Waals surface area contributed by atoms with Gasteiger partial charge in [0.05, 0.1) is 0 Å². The van der Waals surface area contributed by atoms with Crippen molar-refractivity contribution in [3.8, 4) is 0 Å². The summed E-state index contributed by atoms with van der Waals surface area (Å²) in [5.41, 5.74) is 1.86. The molecular formula is C17H18FN3O2. The first-order valence-corrected chi connectivity index (χ1v) is 7.08. The second kappa shape index (κ2) is 7.40. The van der Waals surface area contributed by atoms with Crippen LogP contribution in [0.15, 0.2) is 48.5 Å². The van der Waals surface area contributed by atoms with Crippen molar-refractivity contribution >= 4 is 23.3 Å². The Labute approximate surface area is 134 Å². The molecule has 0 heterocycles. The minimum absolute atomic E-state index is 0.0350. The minimum Gasteiger partial charge on any atom is -0.342 e. The first-order valence-electron chi connectivity index (χ1n) is 7.08. The molecule has 0 saturated carbocycles. The first-order chi connectivity index (χ1) is 10.9. The van der Waals surface area contributed by atoms with E-state index in [1.165, 1.54) is 25.1 Å². The van der Waals surface area contributed by atoms with Gasteiger partial charge in [0.15, 0.2) is 0 Å². The fourth-order valence-electron chi connectivity index (χ4n) is 1.99. The summed E-state index contributed by atoms with van der Waals surface area (Å²) in [5, 5.41) is 5.23. The van der Waals surface area contributed by atoms with Crippen LogP contribution in [0.1, 0.15) is 12.5 Å². The van der Waals surface area contributed by atoms with Crippen molar-refractivity contribution in [3.63, 3.8) is 0 Å². The summed E-state index contributed by atoms with van der Waals surface area (Å²) in [6.07, 6.45) is 0. The van der Waals surface area contributed by atoms with Crippen molar-refractivity contribution in [3.05, 3.63) is 59.9 Å². The summed E-state index contributed by atoms with van der Waals surface area (Å²) >= 11 is 0. The number of nitrogens with zero attached hydrogens (tertiary/aromatic N) is 1. The monoisotopic (exact) mass is 315 g/mol. The Balaban J connectivity index is 1.99. The van der Waals surface area contributed by atoms with E-state index < -0.39 is 11.8 Å². The Bertz CT molecular complexity index is 718. The third kappa shape index (κ3) is 5.10. The molecule has 0 bridgehead atoms. The molecule has 3 amide bonds. The number of hydrogen-bond acceptors (Lipinski definition) is 2. The van der Waals surface area contributed by atoms with Gasteiger partial charge in [-0.2, -0.15) is 0 Å². The summed E-state index contributed by atoms with van der Waals surface area (Å²) in [6.45, 7) is 1.95. The van der Waals surface area contributed by atoms with Crippen LogP contribution in [0.4, 0.5) is 20.6 Å². The molecule has 120 valence electrons. The lowest BCUT2D eigenvalue weighted by atomic mass is 10.2. The van der Waals surface area contributed by atoms with Crippen LogP contribution in [0.25, 0.3) is 0 Å². The van der Waals surface area contributed by atoms with Gasteiger partial charge in [-0.15, -0.1) is 0 Å². The molecule has 0 aliphatic rings. The van der Waals surface area contributed by atoms with Gasteiger partial charge in [-0.05, 0) is 35.9 Å². The van der Waals surface area contributed by atoms with Crippen LogP contribution in [-0.2, 0) is 11.3 Å². The zero-order valence-corrected chi connectivity index (χ0v) is 13.0. The Hall–Kier alpha value is -2.89. The normalized spacial score (nSPS) is 10.0. The smallest absolute Gasteiger partial charge is 0.323 e. The zero-order chi connectivity index (χ0) is 16.8. The Morgan fingerprint density at radius 1 is 1.04 bits per heavy atom. The third-order valence-electron chi connectivity index (χ3n) is 3.22. The number of urea groups is 1. The molecule has 6 heteroatoms. The topological polar surface area (TPSA) is 61.4 Å². The van der Waals surface area contributed by atoms with E-state index in [1.807, 2.05) is 6.07 Å². The molecule has 23 heavy (non-hydrogen) atoms. The number of nitrogens with one attached hydrogen (secondary N) is 2. The molecule has 2 aromatic carbocycles. The zero-order valence-electron chi connectivity index (χ0n) is 13.0. The molecule has 0 fully saturated rings. The number of anilines is 2. The fourth-order valence-corrected chi connectivity index (χ4v) is 1.99. The molecule has 0 spiro atoms. The first kappa shape index (κ1) is 16.5. The van der Waals surface area contributed by atoms with Crippen LogP contribution in [0, 0.1) is 5.82 Å². The lowest BCUT2D eigenvalue weighted by molar-refractivity contribution is -0.128. The van der Waals surface area contributed by atoms with E-state index in [-0.39, 0.29) is 5.91 Å².